The zero-order valence-electron chi connectivity index (χ0n) is 14.5. The number of rotatable bonds is 5. The van der Waals surface area contributed by atoms with Gasteiger partial charge in [-0.05, 0) is 25.0 Å². The van der Waals surface area contributed by atoms with Crippen LogP contribution in [0.1, 0.15) is 37.5 Å². The van der Waals surface area contributed by atoms with Crippen LogP contribution in [-0.4, -0.2) is 37.8 Å². The Morgan fingerprint density at radius 2 is 1.54 bits per heavy atom. The number of carbonyl (C=O) groups is 2. The zero-order chi connectivity index (χ0) is 17.9. The summed E-state index contributed by atoms with van der Waals surface area (Å²) in [4.78, 5) is 24.4. The van der Waals surface area contributed by atoms with Gasteiger partial charge in [0.2, 0.25) is 5.88 Å². The molecular formula is C18H21NO5. The molecule has 0 saturated carbocycles. The molecule has 0 amide bonds. The minimum atomic E-state index is -0.640. The lowest BCUT2D eigenvalue weighted by Crippen LogP contribution is -2.11. The Kier molecular flexibility index (Phi) is 5.28. The summed E-state index contributed by atoms with van der Waals surface area (Å²) in [6.45, 7) is 4.21. The second kappa shape index (κ2) is 7.21. The molecule has 128 valence electrons. The number of ether oxygens (including phenoxy) is 3. The third-order valence-electron chi connectivity index (χ3n) is 4.04. The van der Waals surface area contributed by atoms with Crippen molar-refractivity contribution in [1.82, 2.24) is 4.57 Å². The van der Waals surface area contributed by atoms with Crippen molar-refractivity contribution < 1.29 is 23.8 Å². The van der Waals surface area contributed by atoms with Crippen LogP contribution in [0.5, 0.6) is 5.88 Å². The van der Waals surface area contributed by atoms with Crippen LogP contribution in [0, 0.1) is 13.8 Å². The molecule has 0 aliphatic heterocycles. The van der Waals surface area contributed by atoms with Crippen LogP contribution in [0.2, 0.25) is 0 Å². The molecule has 0 atom stereocenters. The number of esters is 2. The first-order valence-corrected chi connectivity index (χ1v) is 7.44. The molecule has 0 spiro atoms. The molecule has 1 heterocycles. The predicted octanol–water partition coefficient (Wildman–Crippen LogP) is 2.74. The van der Waals surface area contributed by atoms with E-state index in [1.807, 2.05) is 31.2 Å². The van der Waals surface area contributed by atoms with Crippen LogP contribution in [0.25, 0.3) is 0 Å². The summed E-state index contributed by atoms with van der Waals surface area (Å²) in [5.74, 6) is -0.961. The Morgan fingerprint density at radius 3 is 2.08 bits per heavy atom. The van der Waals surface area contributed by atoms with Crippen molar-refractivity contribution >= 4 is 11.9 Å². The first-order chi connectivity index (χ1) is 11.5. The highest BCUT2D eigenvalue weighted by molar-refractivity contribution is 6.06. The topological polar surface area (TPSA) is 66.8 Å². The molecule has 2 aromatic rings. The quantitative estimate of drug-likeness (QED) is 0.788. The maximum atomic E-state index is 12.2. The smallest absolute Gasteiger partial charge is 0.344 e. The van der Waals surface area contributed by atoms with Gasteiger partial charge >= 0.3 is 11.9 Å². The fraction of sp³-hybridized carbons (Fsp3) is 0.333. The van der Waals surface area contributed by atoms with Gasteiger partial charge in [0.1, 0.15) is 5.56 Å². The molecule has 0 aliphatic rings. The van der Waals surface area contributed by atoms with Gasteiger partial charge in [0.15, 0.2) is 0 Å². The lowest BCUT2D eigenvalue weighted by molar-refractivity contribution is 0.0553. The van der Waals surface area contributed by atoms with Crippen molar-refractivity contribution in [3.63, 3.8) is 0 Å². The summed E-state index contributed by atoms with van der Waals surface area (Å²) in [7, 11) is 3.99. The molecule has 6 nitrogen and oxygen atoms in total. The number of hydrogen-bond donors (Lipinski definition) is 0. The van der Waals surface area contributed by atoms with Crippen molar-refractivity contribution in [3.8, 4) is 5.88 Å². The Hall–Kier alpha value is -2.76. The molecule has 2 rings (SSSR count). The van der Waals surface area contributed by atoms with Gasteiger partial charge in [-0.3, -0.25) is 0 Å². The van der Waals surface area contributed by atoms with Crippen molar-refractivity contribution in [2.24, 2.45) is 0 Å². The maximum Gasteiger partial charge on any atom is 0.344 e. The van der Waals surface area contributed by atoms with Gasteiger partial charge in [0.05, 0.1) is 33.4 Å². The van der Waals surface area contributed by atoms with Gasteiger partial charge in [0, 0.05) is 5.69 Å². The number of benzene rings is 1. The Bertz CT molecular complexity index is 776. The van der Waals surface area contributed by atoms with Crippen LogP contribution in [-0.2, 0) is 16.0 Å². The van der Waals surface area contributed by atoms with Crippen LogP contribution in [0.3, 0.4) is 0 Å². The maximum absolute atomic E-state index is 12.2. The fourth-order valence-electron chi connectivity index (χ4n) is 2.71. The molecule has 0 bridgehead atoms. The van der Waals surface area contributed by atoms with Gasteiger partial charge in [-0.15, -0.1) is 0 Å². The monoisotopic (exact) mass is 331 g/mol. The number of methoxy groups -OCH3 is 3. The van der Waals surface area contributed by atoms with E-state index in [1.54, 1.807) is 11.5 Å². The highest BCUT2D eigenvalue weighted by Crippen LogP contribution is 2.32. The summed E-state index contributed by atoms with van der Waals surface area (Å²) < 4.78 is 16.8. The average Bonchev–Trinajstić information content (AvgIpc) is 2.87. The van der Waals surface area contributed by atoms with Gasteiger partial charge in [-0.2, -0.15) is 0 Å². The number of aromatic nitrogens is 1. The number of hydrogen-bond acceptors (Lipinski definition) is 5. The van der Waals surface area contributed by atoms with Crippen LogP contribution >= 0.6 is 0 Å². The highest BCUT2D eigenvalue weighted by Gasteiger charge is 2.31. The summed E-state index contributed by atoms with van der Waals surface area (Å²) >= 11 is 0. The number of nitrogens with zero attached hydrogens (tertiary/aromatic N) is 1. The minimum Gasteiger partial charge on any atom is -0.482 e. The largest absolute Gasteiger partial charge is 0.482 e. The van der Waals surface area contributed by atoms with Crippen molar-refractivity contribution in [1.29, 1.82) is 0 Å². The van der Waals surface area contributed by atoms with E-state index in [2.05, 4.69) is 0 Å². The van der Waals surface area contributed by atoms with E-state index in [0.717, 1.165) is 11.1 Å². The first kappa shape index (κ1) is 17.6. The van der Waals surface area contributed by atoms with Gasteiger partial charge in [-0.25, -0.2) is 9.59 Å². The van der Waals surface area contributed by atoms with E-state index in [0.29, 0.717) is 12.2 Å². The molecular weight excluding hydrogens is 310 g/mol. The lowest BCUT2D eigenvalue weighted by atomic mass is 10.1. The van der Waals surface area contributed by atoms with Crippen molar-refractivity contribution in [2.75, 3.05) is 21.3 Å². The molecule has 0 radical (unpaired) electrons. The van der Waals surface area contributed by atoms with E-state index < -0.39 is 11.9 Å². The standard InChI is InChI=1S/C18H21NO5/c1-11-8-6-7-9-13(11)10-19-12(2)14(17(20)23-4)15(16(19)22-3)18(21)24-5/h6-9H,10H2,1-5H3. The van der Waals surface area contributed by atoms with Crippen molar-refractivity contribution in [3.05, 3.63) is 52.2 Å². The number of aryl methyl sites for hydroxylation is 1. The summed E-state index contributed by atoms with van der Waals surface area (Å²) in [6, 6.07) is 7.89. The highest BCUT2D eigenvalue weighted by atomic mass is 16.5. The van der Waals surface area contributed by atoms with Gasteiger partial charge in [-0.1, -0.05) is 24.3 Å². The second-order valence-corrected chi connectivity index (χ2v) is 5.34. The summed E-state index contributed by atoms with van der Waals surface area (Å²) in [5, 5.41) is 0. The average molecular weight is 331 g/mol. The molecule has 0 aliphatic carbocycles. The van der Waals surface area contributed by atoms with Crippen molar-refractivity contribution in [2.45, 2.75) is 20.4 Å². The van der Waals surface area contributed by atoms with E-state index in [9.17, 15) is 9.59 Å². The Labute approximate surface area is 140 Å². The summed E-state index contributed by atoms with van der Waals surface area (Å²) in [5.41, 5.74) is 2.99. The molecule has 0 saturated heterocycles. The number of carbonyl (C=O) groups excluding carboxylic acids is 2. The molecule has 0 unspecified atom stereocenters. The fourth-order valence-corrected chi connectivity index (χ4v) is 2.71. The van der Waals surface area contributed by atoms with E-state index in [1.165, 1.54) is 21.3 Å². The zero-order valence-corrected chi connectivity index (χ0v) is 14.5. The molecule has 0 N–H and O–H groups in total. The van der Waals surface area contributed by atoms with E-state index >= 15 is 0 Å². The van der Waals surface area contributed by atoms with Gasteiger partial charge < -0.3 is 18.8 Å². The van der Waals surface area contributed by atoms with Crippen LogP contribution in [0.4, 0.5) is 0 Å². The third kappa shape index (κ3) is 2.99. The Morgan fingerprint density at radius 1 is 0.958 bits per heavy atom. The van der Waals surface area contributed by atoms with Gasteiger partial charge in [0.25, 0.3) is 0 Å². The Balaban J connectivity index is 2.67. The predicted molar refractivity (Wildman–Crippen MR) is 88.7 cm³/mol. The SMILES string of the molecule is COC(=O)c1c(C(=O)OC)c(OC)n(Cc2ccccc2C)c1C. The first-order valence-electron chi connectivity index (χ1n) is 7.44. The molecule has 6 heteroatoms. The molecule has 0 fully saturated rings. The molecule has 1 aromatic heterocycles. The van der Waals surface area contributed by atoms with E-state index in [-0.39, 0.29) is 17.0 Å². The van der Waals surface area contributed by atoms with Crippen LogP contribution < -0.4 is 4.74 Å². The minimum absolute atomic E-state index is 0.0814. The van der Waals surface area contributed by atoms with E-state index in [4.69, 9.17) is 14.2 Å². The second-order valence-electron chi connectivity index (χ2n) is 5.34. The molecule has 24 heavy (non-hydrogen) atoms. The normalized spacial score (nSPS) is 10.4. The van der Waals surface area contributed by atoms with Crippen LogP contribution in [0.15, 0.2) is 24.3 Å². The lowest BCUT2D eigenvalue weighted by Gasteiger charge is -2.13. The molecule has 1 aromatic carbocycles. The third-order valence-corrected chi connectivity index (χ3v) is 4.04. The summed E-state index contributed by atoms with van der Waals surface area (Å²) in [6.07, 6.45) is 0.